The lowest BCUT2D eigenvalue weighted by atomic mass is 10.2. The SMILES string of the molecule is CC1CN(CCCCNCc2cccc([N+](=O)[O-])c2)CC(C)O1. The molecule has 0 bridgehead atoms. The Morgan fingerprint density at radius 3 is 2.74 bits per heavy atom. The predicted octanol–water partition coefficient (Wildman–Crippen LogP) is 2.57. The van der Waals surface area contributed by atoms with E-state index in [0.29, 0.717) is 18.8 Å². The number of hydrogen-bond acceptors (Lipinski definition) is 5. The molecular formula is C17H27N3O3. The van der Waals surface area contributed by atoms with Gasteiger partial charge in [0.25, 0.3) is 5.69 Å². The lowest BCUT2D eigenvalue weighted by Gasteiger charge is -2.35. The lowest BCUT2D eigenvalue weighted by molar-refractivity contribution is -0.384. The standard InChI is InChI=1S/C17H27N3O3/c1-14-12-19(13-15(2)23-14)9-4-3-8-18-11-16-6-5-7-17(10-16)20(21)22/h5-7,10,14-15,18H,3-4,8-9,11-13H2,1-2H3. The van der Waals surface area contributed by atoms with E-state index in [4.69, 9.17) is 4.74 Å². The number of ether oxygens (including phenoxy) is 1. The third kappa shape index (κ3) is 6.25. The Balaban J connectivity index is 1.59. The molecule has 1 saturated heterocycles. The molecule has 6 heteroatoms. The normalized spacial score (nSPS) is 22.2. The fourth-order valence-corrected chi connectivity index (χ4v) is 3.07. The number of unbranched alkanes of at least 4 members (excludes halogenated alkanes) is 1. The first kappa shape index (κ1) is 17.8. The van der Waals surface area contributed by atoms with Crippen LogP contribution in [0.2, 0.25) is 0 Å². The third-order valence-corrected chi connectivity index (χ3v) is 4.02. The van der Waals surface area contributed by atoms with Gasteiger partial charge >= 0.3 is 0 Å². The van der Waals surface area contributed by atoms with Crippen LogP contribution in [0.1, 0.15) is 32.3 Å². The first-order chi connectivity index (χ1) is 11.0. The van der Waals surface area contributed by atoms with Crippen LogP contribution in [-0.2, 0) is 11.3 Å². The Labute approximate surface area is 138 Å². The van der Waals surface area contributed by atoms with Crippen molar-refractivity contribution < 1.29 is 9.66 Å². The number of nitrogens with one attached hydrogen (secondary N) is 1. The van der Waals surface area contributed by atoms with E-state index in [-0.39, 0.29) is 10.6 Å². The number of rotatable bonds is 8. The highest BCUT2D eigenvalue weighted by Gasteiger charge is 2.21. The summed E-state index contributed by atoms with van der Waals surface area (Å²) in [5.41, 5.74) is 1.11. The number of non-ortho nitro benzene ring substituents is 1. The molecule has 0 radical (unpaired) electrons. The van der Waals surface area contributed by atoms with Crippen LogP contribution >= 0.6 is 0 Å². The van der Waals surface area contributed by atoms with E-state index in [1.54, 1.807) is 12.1 Å². The molecule has 1 aliphatic heterocycles. The summed E-state index contributed by atoms with van der Waals surface area (Å²) in [6, 6.07) is 6.80. The molecule has 0 amide bonds. The average molecular weight is 321 g/mol. The number of nitro groups is 1. The zero-order valence-corrected chi connectivity index (χ0v) is 14.0. The van der Waals surface area contributed by atoms with Crippen molar-refractivity contribution in [3.8, 4) is 0 Å². The molecule has 0 aliphatic carbocycles. The second kappa shape index (κ2) is 8.96. The van der Waals surface area contributed by atoms with Gasteiger partial charge in [-0.1, -0.05) is 12.1 Å². The Bertz CT molecular complexity index is 500. The topological polar surface area (TPSA) is 67.6 Å². The minimum absolute atomic E-state index is 0.153. The molecule has 1 aliphatic rings. The second-order valence-electron chi connectivity index (χ2n) is 6.33. The van der Waals surface area contributed by atoms with Gasteiger partial charge in [0.2, 0.25) is 0 Å². The van der Waals surface area contributed by atoms with Crippen LogP contribution in [0.25, 0.3) is 0 Å². The van der Waals surface area contributed by atoms with Gasteiger partial charge in [-0.05, 0) is 45.3 Å². The van der Waals surface area contributed by atoms with E-state index in [0.717, 1.165) is 44.6 Å². The van der Waals surface area contributed by atoms with Crippen molar-refractivity contribution in [2.75, 3.05) is 26.2 Å². The Morgan fingerprint density at radius 1 is 1.30 bits per heavy atom. The van der Waals surface area contributed by atoms with Crippen LogP contribution in [0.15, 0.2) is 24.3 Å². The van der Waals surface area contributed by atoms with Gasteiger partial charge in [0.1, 0.15) is 0 Å². The first-order valence-corrected chi connectivity index (χ1v) is 8.36. The zero-order chi connectivity index (χ0) is 16.7. The molecule has 23 heavy (non-hydrogen) atoms. The minimum atomic E-state index is -0.353. The average Bonchev–Trinajstić information content (AvgIpc) is 2.50. The van der Waals surface area contributed by atoms with Crippen LogP contribution in [-0.4, -0.2) is 48.2 Å². The molecule has 1 aromatic carbocycles. The molecule has 128 valence electrons. The van der Waals surface area contributed by atoms with Crippen molar-refractivity contribution in [2.45, 2.75) is 45.4 Å². The van der Waals surface area contributed by atoms with E-state index in [2.05, 4.69) is 24.1 Å². The molecule has 6 nitrogen and oxygen atoms in total. The van der Waals surface area contributed by atoms with Crippen LogP contribution in [0.5, 0.6) is 0 Å². The molecule has 1 aromatic rings. The molecule has 1 heterocycles. The van der Waals surface area contributed by atoms with Crippen molar-refractivity contribution >= 4 is 5.69 Å². The highest BCUT2D eigenvalue weighted by molar-refractivity contribution is 5.34. The summed E-state index contributed by atoms with van der Waals surface area (Å²) in [6.45, 7) is 9.01. The number of nitrogens with zero attached hydrogens (tertiary/aromatic N) is 2. The smallest absolute Gasteiger partial charge is 0.269 e. The van der Waals surface area contributed by atoms with Gasteiger partial charge in [0, 0.05) is 31.8 Å². The molecule has 2 rings (SSSR count). The molecule has 0 saturated carbocycles. The van der Waals surface area contributed by atoms with E-state index in [1.165, 1.54) is 6.07 Å². The second-order valence-corrected chi connectivity index (χ2v) is 6.33. The summed E-state index contributed by atoms with van der Waals surface area (Å²) in [6.07, 6.45) is 2.91. The maximum Gasteiger partial charge on any atom is 0.269 e. The van der Waals surface area contributed by atoms with Crippen molar-refractivity contribution in [3.05, 3.63) is 39.9 Å². The highest BCUT2D eigenvalue weighted by atomic mass is 16.6. The maximum absolute atomic E-state index is 10.7. The molecule has 0 spiro atoms. The van der Waals surface area contributed by atoms with Crippen molar-refractivity contribution in [1.29, 1.82) is 0 Å². The highest BCUT2D eigenvalue weighted by Crippen LogP contribution is 2.13. The zero-order valence-electron chi connectivity index (χ0n) is 14.0. The van der Waals surface area contributed by atoms with Gasteiger partial charge in [-0.2, -0.15) is 0 Å². The van der Waals surface area contributed by atoms with Crippen LogP contribution < -0.4 is 5.32 Å². The maximum atomic E-state index is 10.7. The van der Waals surface area contributed by atoms with Crippen molar-refractivity contribution in [3.63, 3.8) is 0 Å². The van der Waals surface area contributed by atoms with E-state index in [9.17, 15) is 10.1 Å². The van der Waals surface area contributed by atoms with Gasteiger partial charge in [-0.3, -0.25) is 15.0 Å². The summed E-state index contributed by atoms with van der Waals surface area (Å²) in [5, 5.41) is 14.1. The van der Waals surface area contributed by atoms with Gasteiger partial charge in [-0.15, -0.1) is 0 Å². The van der Waals surface area contributed by atoms with Crippen molar-refractivity contribution in [2.24, 2.45) is 0 Å². The van der Waals surface area contributed by atoms with Gasteiger partial charge in [0.15, 0.2) is 0 Å². The van der Waals surface area contributed by atoms with Crippen LogP contribution in [0.3, 0.4) is 0 Å². The summed E-state index contributed by atoms with van der Waals surface area (Å²) >= 11 is 0. The Kier molecular flexibility index (Phi) is 6.95. The minimum Gasteiger partial charge on any atom is -0.373 e. The van der Waals surface area contributed by atoms with Crippen LogP contribution in [0, 0.1) is 10.1 Å². The first-order valence-electron chi connectivity index (χ1n) is 8.36. The molecule has 1 N–H and O–H groups in total. The van der Waals surface area contributed by atoms with Crippen molar-refractivity contribution in [1.82, 2.24) is 10.2 Å². The number of benzene rings is 1. The largest absolute Gasteiger partial charge is 0.373 e. The summed E-state index contributed by atoms with van der Waals surface area (Å²) in [4.78, 5) is 12.9. The van der Waals surface area contributed by atoms with Crippen LogP contribution in [0.4, 0.5) is 5.69 Å². The molecule has 0 aromatic heterocycles. The van der Waals surface area contributed by atoms with E-state index in [1.807, 2.05) is 6.07 Å². The fraction of sp³-hybridized carbons (Fsp3) is 0.647. The third-order valence-electron chi connectivity index (χ3n) is 4.02. The van der Waals surface area contributed by atoms with Gasteiger partial charge < -0.3 is 10.1 Å². The summed E-state index contributed by atoms with van der Waals surface area (Å²) in [5.74, 6) is 0. The summed E-state index contributed by atoms with van der Waals surface area (Å²) < 4.78 is 5.73. The number of hydrogen-bond donors (Lipinski definition) is 1. The fourth-order valence-electron chi connectivity index (χ4n) is 3.07. The molecule has 2 unspecified atom stereocenters. The van der Waals surface area contributed by atoms with E-state index < -0.39 is 0 Å². The Hall–Kier alpha value is -1.50. The Morgan fingerprint density at radius 2 is 2.04 bits per heavy atom. The molecule has 1 fully saturated rings. The van der Waals surface area contributed by atoms with E-state index >= 15 is 0 Å². The number of nitro benzene ring substituents is 1. The monoisotopic (exact) mass is 321 g/mol. The van der Waals surface area contributed by atoms with Gasteiger partial charge in [-0.25, -0.2) is 0 Å². The lowest BCUT2D eigenvalue weighted by Crippen LogP contribution is -2.45. The summed E-state index contributed by atoms with van der Waals surface area (Å²) in [7, 11) is 0. The molecular weight excluding hydrogens is 294 g/mol. The van der Waals surface area contributed by atoms with Gasteiger partial charge in [0.05, 0.1) is 17.1 Å². The molecule has 2 atom stereocenters. The predicted molar refractivity (Wildman–Crippen MR) is 90.5 cm³/mol. The number of morpholine rings is 1. The quantitative estimate of drug-likeness (QED) is 0.453.